The molecule has 4 rings (SSSR count). The van der Waals surface area contributed by atoms with Crippen LogP contribution >= 0.6 is 0 Å². The molecule has 2 aliphatic rings. The number of alkyl halides is 3. The van der Waals surface area contributed by atoms with Crippen LogP contribution in [0.1, 0.15) is 54.9 Å². The fourth-order valence-corrected chi connectivity index (χ4v) is 5.01. The molecular formula is C27H26F3N3O. The molecule has 0 fully saturated rings. The molecule has 1 aliphatic carbocycles. The van der Waals surface area contributed by atoms with E-state index in [1.165, 1.54) is 17.0 Å². The standard InChI is InChI=1S/C27H26F3N3O/c1-15-8-9-16(2)19(10-15)23-20(14-31)25(32)33(18-7-5-6-17(11-18)27(28,29)30)21-12-26(3,4)13-22(34)24(21)23/h5-11,23H,12-13,32H2,1-4H3. The van der Waals surface area contributed by atoms with Gasteiger partial charge in [0.1, 0.15) is 5.82 Å². The largest absolute Gasteiger partial charge is 0.416 e. The zero-order chi connectivity index (χ0) is 25.0. The minimum absolute atomic E-state index is 0.0528. The Morgan fingerprint density at radius 1 is 1.12 bits per heavy atom. The van der Waals surface area contributed by atoms with Gasteiger partial charge in [0, 0.05) is 23.4 Å². The van der Waals surface area contributed by atoms with E-state index in [1.807, 2.05) is 45.9 Å². The van der Waals surface area contributed by atoms with E-state index in [-0.39, 0.29) is 29.3 Å². The molecule has 0 saturated carbocycles. The summed E-state index contributed by atoms with van der Waals surface area (Å²) in [5.74, 6) is -0.725. The van der Waals surface area contributed by atoms with Crippen molar-refractivity contribution < 1.29 is 18.0 Å². The van der Waals surface area contributed by atoms with Gasteiger partial charge in [-0.2, -0.15) is 18.4 Å². The van der Waals surface area contributed by atoms with Gasteiger partial charge in [-0.25, -0.2) is 0 Å². The van der Waals surface area contributed by atoms with Crippen molar-refractivity contribution in [1.82, 2.24) is 0 Å². The van der Waals surface area contributed by atoms with Crippen molar-refractivity contribution in [3.05, 3.63) is 87.4 Å². The Labute approximate surface area is 197 Å². The number of hydrogen-bond donors (Lipinski definition) is 1. The monoisotopic (exact) mass is 465 g/mol. The minimum Gasteiger partial charge on any atom is -0.384 e. The minimum atomic E-state index is -4.54. The van der Waals surface area contributed by atoms with Crippen molar-refractivity contribution in [1.29, 1.82) is 5.26 Å². The number of ketones is 1. The highest BCUT2D eigenvalue weighted by Crippen LogP contribution is 2.51. The Balaban J connectivity index is 2.03. The van der Waals surface area contributed by atoms with Crippen LogP contribution < -0.4 is 10.6 Å². The van der Waals surface area contributed by atoms with Gasteiger partial charge in [0.25, 0.3) is 0 Å². The summed E-state index contributed by atoms with van der Waals surface area (Å²) in [5.41, 5.74) is 9.34. The second kappa shape index (κ2) is 8.05. The van der Waals surface area contributed by atoms with E-state index in [2.05, 4.69) is 6.07 Å². The molecule has 2 aromatic rings. The van der Waals surface area contributed by atoms with Gasteiger partial charge in [-0.15, -0.1) is 0 Å². The number of nitriles is 1. The lowest BCUT2D eigenvalue weighted by Crippen LogP contribution is -2.42. The van der Waals surface area contributed by atoms with Gasteiger partial charge in [-0.1, -0.05) is 43.7 Å². The van der Waals surface area contributed by atoms with Crippen molar-refractivity contribution in [2.24, 2.45) is 11.1 Å². The Kier molecular flexibility index (Phi) is 5.59. The highest BCUT2D eigenvalue weighted by Gasteiger charge is 2.45. The first kappa shape index (κ1) is 23.6. The normalized spacial score (nSPS) is 20.4. The van der Waals surface area contributed by atoms with Crippen LogP contribution in [-0.2, 0) is 11.0 Å². The number of nitrogens with zero attached hydrogens (tertiary/aromatic N) is 2. The van der Waals surface area contributed by atoms with Gasteiger partial charge < -0.3 is 5.73 Å². The maximum Gasteiger partial charge on any atom is 0.416 e. The molecule has 1 heterocycles. The molecule has 2 aromatic carbocycles. The average molecular weight is 466 g/mol. The van der Waals surface area contributed by atoms with Crippen molar-refractivity contribution in [3.8, 4) is 6.07 Å². The summed E-state index contributed by atoms with van der Waals surface area (Å²) in [5, 5.41) is 10.2. The summed E-state index contributed by atoms with van der Waals surface area (Å²) in [6.07, 6.45) is -3.82. The summed E-state index contributed by atoms with van der Waals surface area (Å²) in [6.45, 7) is 7.74. The van der Waals surface area contributed by atoms with Gasteiger partial charge in [-0.3, -0.25) is 9.69 Å². The summed E-state index contributed by atoms with van der Waals surface area (Å²) in [4.78, 5) is 15.0. The number of Topliss-reactive ketones (excluding diaryl/α,β-unsaturated/α-hetero) is 1. The first-order valence-electron chi connectivity index (χ1n) is 11.0. The number of rotatable bonds is 2. The lowest BCUT2D eigenvalue weighted by atomic mass is 9.68. The summed E-state index contributed by atoms with van der Waals surface area (Å²) in [6, 6.07) is 12.8. The molecule has 1 atom stereocenters. The topological polar surface area (TPSA) is 70.1 Å². The molecule has 0 radical (unpaired) electrons. The molecule has 2 N–H and O–H groups in total. The Hall–Kier alpha value is -3.53. The summed E-state index contributed by atoms with van der Waals surface area (Å²) >= 11 is 0. The molecule has 0 bridgehead atoms. The van der Waals surface area contributed by atoms with E-state index in [4.69, 9.17) is 5.73 Å². The molecular weight excluding hydrogens is 439 g/mol. The number of carbonyl (C=O) groups is 1. The van der Waals surface area contributed by atoms with E-state index in [0.717, 1.165) is 28.8 Å². The third kappa shape index (κ3) is 3.98. The third-order valence-electron chi connectivity index (χ3n) is 6.56. The summed E-state index contributed by atoms with van der Waals surface area (Å²) < 4.78 is 40.4. The molecule has 0 spiro atoms. The van der Waals surface area contributed by atoms with Crippen LogP contribution in [0.3, 0.4) is 0 Å². The van der Waals surface area contributed by atoms with E-state index in [0.29, 0.717) is 17.7 Å². The molecule has 0 saturated heterocycles. The van der Waals surface area contributed by atoms with Gasteiger partial charge in [0.2, 0.25) is 0 Å². The molecule has 0 aromatic heterocycles. The second-order valence-corrected chi connectivity index (χ2v) is 9.89. The Morgan fingerprint density at radius 2 is 1.82 bits per heavy atom. The van der Waals surface area contributed by atoms with Crippen molar-refractivity contribution in [3.63, 3.8) is 0 Å². The smallest absolute Gasteiger partial charge is 0.384 e. The fraction of sp³-hybridized carbons (Fsp3) is 0.333. The van der Waals surface area contributed by atoms with Crippen LogP contribution in [0.5, 0.6) is 0 Å². The van der Waals surface area contributed by atoms with E-state index in [1.54, 1.807) is 0 Å². The number of hydrogen-bond acceptors (Lipinski definition) is 4. The number of allylic oxidation sites excluding steroid dienone is 3. The summed E-state index contributed by atoms with van der Waals surface area (Å²) in [7, 11) is 0. The predicted molar refractivity (Wildman–Crippen MR) is 124 cm³/mol. The first-order valence-corrected chi connectivity index (χ1v) is 11.0. The zero-order valence-corrected chi connectivity index (χ0v) is 19.5. The molecule has 34 heavy (non-hydrogen) atoms. The van der Waals surface area contributed by atoms with Crippen molar-refractivity contribution in [2.75, 3.05) is 4.90 Å². The quantitative estimate of drug-likeness (QED) is 0.568. The fourth-order valence-electron chi connectivity index (χ4n) is 5.01. The van der Waals surface area contributed by atoms with Crippen LogP contribution in [0.4, 0.5) is 18.9 Å². The van der Waals surface area contributed by atoms with Crippen molar-refractivity contribution >= 4 is 11.5 Å². The number of aryl methyl sites for hydroxylation is 2. The maximum atomic E-state index is 13.6. The lowest BCUT2D eigenvalue weighted by molar-refractivity contribution is -0.137. The van der Waals surface area contributed by atoms with Crippen molar-refractivity contribution in [2.45, 2.75) is 52.6 Å². The molecule has 4 nitrogen and oxygen atoms in total. The van der Waals surface area contributed by atoms with E-state index in [9.17, 15) is 23.2 Å². The second-order valence-electron chi connectivity index (χ2n) is 9.89. The maximum absolute atomic E-state index is 13.6. The number of nitrogens with two attached hydrogens (primary N) is 1. The molecule has 7 heteroatoms. The molecule has 1 unspecified atom stereocenters. The molecule has 176 valence electrons. The van der Waals surface area contributed by atoms with Gasteiger partial charge in [0.15, 0.2) is 5.78 Å². The van der Waals surface area contributed by atoms with Crippen LogP contribution in [0.25, 0.3) is 0 Å². The molecule has 1 aliphatic heterocycles. The van der Waals surface area contributed by atoms with Crippen LogP contribution in [0, 0.1) is 30.6 Å². The van der Waals surface area contributed by atoms with Crippen LogP contribution in [0.2, 0.25) is 0 Å². The number of carbonyl (C=O) groups excluding carboxylic acids is 1. The van der Waals surface area contributed by atoms with Gasteiger partial charge in [-0.05, 0) is 55.0 Å². The molecule has 0 amide bonds. The van der Waals surface area contributed by atoms with E-state index < -0.39 is 23.1 Å². The first-order chi connectivity index (χ1) is 15.8. The highest BCUT2D eigenvalue weighted by molar-refractivity contribution is 6.01. The van der Waals surface area contributed by atoms with Gasteiger partial charge in [0.05, 0.1) is 23.1 Å². The average Bonchev–Trinajstić information content (AvgIpc) is 2.73. The lowest BCUT2D eigenvalue weighted by Gasteiger charge is -2.44. The Bertz CT molecular complexity index is 1290. The third-order valence-corrected chi connectivity index (χ3v) is 6.56. The SMILES string of the molecule is Cc1ccc(C)c(C2C(C#N)=C(N)N(c3cccc(C(F)(F)F)c3)C3=C2C(=O)CC(C)(C)C3)c1. The highest BCUT2D eigenvalue weighted by atomic mass is 19.4. The predicted octanol–water partition coefficient (Wildman–Crippen LogP) is 6.26. The number of anilines is 1. The van der Waals surface area contributed by atoms with Gasteiger partial charge >= 0.3 is 6.18 Å². The number of benzene rings is 2. The van der Waals surface area contributed by atoms with Crippen LogP contribution in [-0.4, -0.2) is 5.78 Å². The van der Waals surface area contributed by atoms with E-state index >= 15 is 0 Å². The van der Waals surface area contributed by atoms with Crippen LogP contribution in [0.15, 0.2) is 65.1 Å². The number of halogens is 3. The Morgan fingerprint density at radius 3 is 2.47 bits per heavy atom. The zero-order valence-electron chi connectivity index (χ0n) is 19.5.